The highest BCUT2D eigenvalue weighted by molar-refractivity contribution is 6.38. The Bertz CT molecular complexity index is 1470. The van der Waals surface area contributed by atoms with E-state index in [0.717, 1.165) is 52.9 Å². The maximum atomic E-state index is 13.7. The molecule has 3 heterocycles. The molecule has 1 saturated heterocycles. The summed E-state index contributed by atoms with van der Waals surface area (Å²) in [5.41, 5.74) is 5.11. The van der Waals surface area contributed by atoms with Crippen LogP contribution in [0.5, 0.6) is 0 Å². The molecule has 0 saturated carbocycles. The summed E-state index contributed by atoms with van der Waals surface area (Å²) in [6.07, 6.45) is 6.05. The molecule has 6 nitrogen and oxygen atoms in total. The Labute approximate surface area is 209 Å². The molecular weight excluding hydrogens is 450 g/mol. The predicted octanol–water partition coefficient (Wildman–Crippen LogP) is 5.16. The van der Waals surface area contributed by atoms with Crippen molar-refractivity contribution in [1.29, 1.82) is 0 Å². The molecule has 1 unspecified atom stereocenters. The first-order valence-corrected chi connectivity index (χ1v) is 12.4. The molecule has 36 heavy (non-hydrogen) atoms. The lowest BCUT2D eigenvalue weighted by molar-refractivity contribution is -0.122. The normalized spacial score (nSPS) is 18.2. The average Bonchev–Trinajstić information content (AvgIpc) is 3.62. The molecule has 0 spiro atoms. The number of nitrogens with zero attached hydrogens (tertiary/aromatic N) is 2. The lowest BCUT2D eigenvalue weighted by atomic mass is 10.0. The number of nitrogens with one attached hydrogen (secondary N) is 1. The van der Waals surface area contributed by atoms with E-state index in [1.807, 2.05) is 95.7 Å². The smallest absolute Gasteiger partial charge is 0.263 e. The van der Waals surface area contributed by atoms with Crippen molar-refractivity contribution in [3.63, 3.8) is 0 Å². The summed E-state index contributed by atoms with van der Waals surface area (Å²) in [6, 6.07) is 25.5. The summed E-state index contributed by atoms with van der Waals surface area (Å²) < 4.78 is 7.57. The van der Waals surface area contributed by atoms with Crippen molar-refractivity contribution >= 4 is 45.7 Å². The van der Waals surface area contributed by atoms with Gasteiger partial charge in [-0.05, 0) is 43.2 Å². The molecule has 0 bridgehead atoms. The number of carbonyl (C=O) groups is 2. The number of rotatable bonds is 6. The predicted molar refractivity (Wildman–Crippen MR) is 142 cm³/mol. The van der Waals surface area contributed by atoms with Gasteiger partial charge in [0, 0.05) is 47.1 Å². The van der Waals surface area contributed by atoms with Crippen LogP contribution in [-0.2, 0) is 20.9 Å². The van der Waals surface area contributed by atoms with Gasteiger partial charge in [0.2, 0.25) is 5.91 Å². The maximum absolute atomic E-state index is 13.7. The summed E-state index contributed by atoms with van der Waals surface area (Å²) in [5.74, 6) is -0.114. The molecule has 1 atom stereocenters. The number of amides is 2. The monoisotopic (exact) mass is 477 g/mol. The van der Waals surface area contributed by atoms with Crippen LogP contribution >= 0.6 is 0 Å². The summed E-state index contributed by atoms with van der Waals surface area (Å²) in [6.45, 7) is 1.51. The Hall–Kier alpha value is -4.16. The Balaban J connectivity index is 1.34. The fourth-order valence-corrected chi connectivity index (χ4v) is 5.13. The van der Waals surface area contributed by atoms with Crippen molar-refractivity contribution in [2.75, 3.05) is 18.1 Å². The van der Waals surface area contributed by atoms with Gasteiger partial charge in [-0.1, -0.05) is 54.6 Å². The molecule has 6 heteroatoms. The third kappa shape index (κ3) is 4.10. The molecule has 1 N–H and O–H groups in total. The van der Waals surface area contributed by atoms with Crippen molar-refractivity contribution in [3.05, 3.63) is 96.2 Å². The van der Waals surface area contributed by atoms with E-state index in [4.69, 9.17) is 4.74 Å². The number of hydrogen-bond acceptors (Lipinski definition) is 3. The van der Waals surface area contributed by atoms with Gasteiger partial charge in [-0.25, -0.2) is 0 Å². The van der Waals surface area contributed by atoms with Crippen molar-refractivity contribution in [2.24, 2.45) is 0 Å². The van der Waals surface area contributed by atoms with Crippen molar-refractivity contribution in [3.8, 4) is 0 Å². The van der Waals surface area contributed by atoms with Crippen LogP contribution in [0, 0.1) is 0 Å². The zero-order chi connectivity index (χ0) is 24.5. The van der Waals surface area contributed by atoms with Crippen molar-refractivity contribution in [1.82, 2.24) is 9.88 Å². The quantitative estimate of drug-likeness (QED) is 0.391. The molecule has 1 aromatic heterocycles. The SMILES string of the molecule is O=C(Cn1cc(C=C2C(=O)N(c3ccccc3)c3ccccc32)c2ccccc21)NCC1CCCO1. The minimum absolute atomic E-state index is 0.0528. The van der Waals surface area contributed by atoms with Crippen LogP contribution in [0.25, 0.3) is 22.6 Å². The van der Waals surface area contributed by atoms with Gasteiger partial charge >= 0.3 is 0 Å². The number of hydrogen-bond donors (Lipinski definition) is 1. The third-order valence-electron chi connectivity index (χ3n) is 6.87. The molecule has 1 fully saturated rings. The second-order valence-electron chi connectivity index (χ2n) is 9.22. The summed E-state index contributed by atoms with van der Waals surface area (Å²) in [5, 5.41) is 4.00. The van der Waals surface area contributed by atoms with Gasteiger partial charge in [0.1, 0.15) is 6.54 Å². The number of carbonyl (C=O) groups excluding carboxylic acids is 2. The topological polar surface area (TPSA) is 63.6 Å². The standard InChI is InChI=1S/C30H27N3O3/c34-29(31-18-23-11-8-16-36-23)20-32-19-21(24-12-4-6-14-27(24)32)17-26-25-13-5-7-15-28(25)33(30(26)35)22-9-2-1-3-10-22/h1-7,9-10,12-15,17,19,23H,8,11,16,18,20H2,(H,31,34). The minimum Gasteiger partial charge on any atom is -0.376 e. The number of benzene rings is 3. The Kier molecular flexibility index (Phi) is 5.87. The van der Waals surface area contributed by atoms with Crippen LogP contribution in [0.3, 0.4) is 0 Å². The van der Waals surface area contributed by atoms with Crippen molar-refractivity contribution < 1.29 is 14.3 Å². The van der Waals surface area contributed by atoms with E-state index in [1.54, 1.807) is 4.90 Å². The van der Waals surface area contributed by atoms with E-state index in [1.165, 1.54) is 0 Å². The number of ether oxygens (including phenoxy) is 1. The molecular formula is C30H27N3O3. The van der Waals surface area contributed by atoms with E-state index in [2.05, 4.69) is 5.32 Å². The number of para-hydroxylation sites is 3. The van der Waals surface area contributed by atoms with Crippen LogP contribution in [0.2, 0.25) is 0 Å². The highest BCUT2D eigenvalue weighted by Gasteiger charge is 2.33. The number of fused-ring (bicyclic) bond motifs is 2. The highest BCUT2D eigenvalue weighted by Crippen LogP contribution is 2.42. The van der Waals surface area contributed by atoms with Gasteiger partial charge in [-0.2, -0.15) is 0 Å². The zero-order valence-corrected chi connectivity index (χ0v) is 19.9. The minimum atomic E-state index is -0.0615. The Morgan fingerprint density at radius 3 is 2.61 bits per heavy atom. The summed E-state index contributed by atoms with van der Waals surface area (Å²) in [4.78, 5) is 28.2. The molecule has 0 aliphatic carbocycles. The molecule has 2 amide bonds. The number of aromatic nitrogens is 1. The number of anilines is 2. The average molecular weight is 478 g/mol. The molecule has 4 aromatic rings. The fraction of sp³-hybridized carbons (Fsp3) is 0.200. The van der Waals surface area contributed by atoms with Gasteiger partial charge in [-0.3, -0.25) is 14.5 Å². The second-order valence-corrected chi connectivity index (χ2v) is 9.22. The molecule has 3 aromatic carbocycles. The van der Waals surface area contributed by atoms with Crippen LogP contribution in [0.1, 0.15) is 24.0 Å². The van der Waals surface area contributed by atoms with Gasteiger partial charge in [0.15, 0.2) is 0 Å². The largest absolute Gasteiger partial charge is 0.376 e. The molecule has 0 radical (unpaired) electrons. The zero-order valence-electron chi connectivity index (χ0n) is 19.9. The highest BCUT2D eigenvalue weighted by atomic mass is 16.5. The fourth-order valence-electron chi connectivity index (χ4n) is 5.13. The molecule has 6 rings (SSSR count). The van der Waals surface area contributed by atoms with Gasteiger partial charge in [-0.15, -0.1) is 0 Å². The van der Waals surface area contributed by atoms with Crippen LogP contribution in [0.4, 0.5) is 11.4 Å². The summed E-state index contributed by atoms with van der Waals surface area (Å²) in [7, 11) is 0. The molecule has 2 aliphatic heterocycles. The lowest BCUT2D eigenvalue weighted by Crippen LogP contribution is -2.34. The Morgan fingerprint density at radius 2 is 1.78 bits per heavy atom. The van der Waals surface area contributed by atoms with E-state index in [9.17, 15) is 9.59 Å². The van der Waals surface area contributed by atoms with Gasteiger partial charge < -0.3 is 14.6 Å². The van der Waals surface area contributed by atoms with E-state index >= 15 is 0 Å². The molecule has 180 valence electrons. The van der Waals surface area contributed by atoms with Gasteiger partial charge in [0.25, 0.3) is 5.91 Å². The first-order chi connectivity index (χ1) is 17.7. The second kappa shape index (κ2) is 9.47. The Morgan fingerprint density at radius 1 is 1.00 bits per heavy atom. The first kappa shape index (κ1) is 22.3. The van der Waals surface area contributed by atoms with E-state index in [-0.39, 0.29) is 24.5 Å². The van der Waals surface area contributed by atoms with Crippen molar-refractivity contribution in [2.45, 2.75) is 25.5 Å². The van der Waals surface area contributed by atoms with Gasteiger partial charge in [0.05, 0.1) is 17.4 Å². The van der Waals surface area contributed by atoms with Crippen LogP contribution in [0.15, 0.2) is 85.1 Å². The van der Waals surface area contributed by atoms with E-state index < -0.39 is 0 Å². The van der Waals surface area contributed by atoms with Crippen LogP contribution in [-0.4, -0.2) is 35.6 Å². The maximum Gasteiger partial charge on any atom is 0.263 e. The van der Waals surface area contributed by atoms with Crippen LogP contribution < -0.4 is 10.2 Å². The lowest BCUT2D eigenvalue weighted by Gasteiger charge is -2.16. The molecule has 2 aliphatic rings. The van der Waals surface area contributed by atoms with E-state index in [0.29, 0.717) is 12.1 Å². The third-order valence-corrected chi connectivity index (χ3v) is 6.87. The first-order valence-electron chi connectivity index (χ1n) is 12.4. The summed E-state index contributed by atoms with van der Waals surface area (Å²) >= 11 is 0.